The molecule has 0 saturated heterocycles. The Balaban J connectivity index is 2.96. The van der Waals surface area contributed by atoms with Crippen LogP contribution in [0.3, 0.4) is 0 Å². The average Bonchev–Trinajstić information content (AvgIpc) is 2.20. The second kappa shape index (κ2) is 5.89. The van der Waals surface area contributed by atoms with Gasteiger partial charge in [-0.3, -0.25) is 9.59 Å². The van der Waals surface area contributed by atoms with Crippen LogP contribution in [0.4, 0.5) is 5.69 Å². The third-order valence-corrected chi connectivity index (χ3v) is 2.50. The minimum Gasteiger partial charge on any atom is -0.297 e. The SMILES string of the molecule is CC(=O)C(N=Nc1ccc(Cl)cc1Cl)C(C)=O. The number of carbonyl (C=O) groups is 2. The predicted octanol–water partition coefficient (Wildman–Crippen LogP) is 3.62. The van der Waals surface area contributed by atoms with Crippen molar-refractivity contribution >= 4 is 40.5 Å². The van der Waals surface area contributed by atoms with E-state index in [1.807, 2.05) is 0 Å². The summed E-state index contributed by atoms with van der Waals surface area (Å²) < 4.78 is 0. The van der Waals surface area contributed by atoms with Gasteiger partial charge in [-0.15, -0.1) is 0 Å². The van der Waals surface area contributed by atoms with E-state index < -0.39 is 6.04 Å². The molecule has 1 rings (SSSR count). The Morgan fingerprint density at radius 2 is 1.76 bits per heavy atom. The predicted molar refractivity (Wildman–Crippen MR) is 66.1 cm³/mol. The molecule has 0 radical (unpaired) electrons. The van der Waals surface area contributed by atoms with Gasteiger partial charge in [-0.1, -0.05) is 23.2 Å². The maximum atomic E-state index is 11.1. The van der Waals surface area contributed by atoms with Crippen LogP contribution in [0.5, 0.6) is 0 Å². The van der Waals surface area contributed by atoms with Crippen LogP contribution in [0, 0.1) is 0 Å². The number of azo groups is 1. The molecule has 0 aliphatic heterocycles. The monoisotopic (exact) mass is 272 g/mol. The van der Waals surface area contributed by atoms with Gasteiger partial charge < -0.3 is 0 Å². The highest BCUT2D eigenvalue weighted by molar-refractivity contribution is 6.36. The summed E-state index contributed by atoms with van der Waals surface area (Å²) in [5.74, 6) is -0.710. The van der Waals surface area contributed by atoms with Crippen LogP contribution in [0.2, 0.25) is 10.0 Å². The van der Waals surface area contributed by atoms with Gasteiger partial charge in [0.1, 0.15) is 5.69 Å². The lowest BCUT2D eigenvalue weighted by Gasteiger charge is -2.02. The molecule has 0 aromatic heterocycles. The van der Waals surface area contributed by atoms with Gasteiger partial charge in [0, 0.05) is 5.02 Å². The standard InChI is InChI=1S/C11H10Cl2N2O2/c1-6(16)11(7(2)17)15-14-10-4-3-8(12)5-9(10)13/h3-5,11H,1-2H3. The number of halogens is 2. The Kier molecular flexibility index (Phi) is 4.78. The lowest BCUT2D eigenvalue weighted by Crippen LogP contribution is -2.23. The first-order valence-electron chi connectivity index (χ1n) is 4.78. The van der Waals surface area contributed by atoms with E-state index in [1.54, 1.807) is 12.1 Å². The molecule has 6 heteroatoms. The highest BCUT2D eigenvalue weighted by Crippen LogP contribution is 2.28. The van der Waals surface area contributed by atoms with Gasteiger partial charge in [0.15, 0.2) is 17.6 Å². The summed E-state index contributed by atoms with van der Waals surface area (Å²) in [6.45, 7) is 2.57. The van der Waals surface area contributed by atoms with E-state index in [9.17, 15) is 9.59 Å². The lowest BCUT2D eigenvalue weighted by molar-refractivity contribution is -0.126. The van der Waals surface area contributed by atoms with E-state index in [-0.39, 0.29) is 11.6 Å². The number of Topliss-reactive ketones (excluding diaryl/α,β-unsaturated/α-hetero) is 2. The second-order valence-electron chi connectivity index (χ2n) is 3.44. The van der Waals surface area contributed by atoms with Crippen molar-refractivity contribution in [2.75, 3.05) is 0 Å². The van der Waals surface area contributed by atoms with E-state index in [4.69, 9.17) is 23.2 Å². The molecule has 0 amide bonds. The Morgan fingerprint density at radius 3 is 2.24 bits per heavy atom. The zero-order valence-electron chi connectivity index (χ0n) is 9.28. The van der Waals surface area contributed by atoms with Crippen molar-refractivity contribution in [2.24, 2.45) is 10.2 Å². The molecule has 0 spiro atoms. The molecule has 1 aromatic carbocycles. The van der Waals surface area contributed by atoms with Crippen LogP contribution >= 0.6 is 23.2 Å². The molecule has 0 atom stereocenters. The summed E-state index contributed by atoms with van der Waals surface area (Å²) in [6, 6.07) is 3.60. The Labute approximate surface area is 109 Å². The number of ketones is 2. The van der Waals surface area contributed by atoms with Gasteiger partial charge in [-0.05, 0) is 32.0 Å². The molecule has 1 aromatic rings. The topological polar surface area (TPSA) is 58.9 Å². The van der Waals surface area contributed by atoms with Crippen molar-refractivity contribution in [1.82, 2.24) is 0 Å². The maximum Gasteiger partial charge on any atom is 0.187 e. The Morgan fingerprint density at radius 1 is 1.18 bits per heavy atom. The number of benzene rings is 1. The van der Waals surface area contributed by atoms with Gasteiger partial charge in [-0.25, -0.2) is 0 Å². The van der Waals surface area contributed by atoms with Gasteiger partial charge in [0.05, 0.1) is 5.02 Å². The van der Waals surface area contributed by atoms with E-state index in [0.717, 1.165) is 0 Å². The molecule has 0 aliphatic rings. The average molecular weight is 273 g/mol. The number of hydrogen-bond acceptors (Lipinski definition) is 4. The summed E-state index contributed by atoms with van der Waals surface area (Å²) in [5, 5.41) is 8.25. The van der Waals surface area contributed by atoms with Gasteiger partial charge in [-0.2, -0.15) is 10.2 Å². The smallest absolute Gasteiger partial charge is 0.187 e. The normalized spacial score (nSPS) is 11.1. The van der Waals surface area contributed by atoms with Gasteiger partial charge in [0.25, 0.3) is 0 Å². The van der Waals surface area contributed by atoms with Crippen molar-refractivity contribution in [3.05, 3.63) is 28.2 Å². The quantitative estimate of drug-likeness (QED) is 0.621. The molecule has 0 aliphatic carbocycles. The summed E-state index contributed by atoms with van der Waals surface area (Å²) in [6.07, 6.45) is 0. The largest absolute Gasteiger partial charge is 0.297 e. The van der Waals surface area contributed by atoms with Crippen molar-refractivity contribution in [3.63, 3.8) is 0 Å². The third kappa shape index (κ3) is 3.91. The summed E-state index contributed by atoms with van der Waals surface area (Å²) in [4.78, 5) is 22.2. The first kappa shape index (κ1) is 13.8. The molecule has 0 fully saturated rings. The molecule has 90 valence electrons. The molecule has 17 heavy (non-hydrogen) atoms. The molecule has 0 saturated carbocycles. The fourth-order valence-corrected chi connectivity index (χ4v) is 1.58. The maximum absolute atomic E-state index is 11.1. The van der Waals surface area contributed by atoms with Crippen LogP contribution in [0.1, 0.15) is 13.8 Å². The minimum absolute atomic E-state index is 0.312. The van der Waals surface area contributed by atoms with E-state index in [1.165, 1.54) is 19.9 Å². The highest BCUT2D eigenvalue weighted by atomic mass is 35.5. The zero-order valence-corrected chi connectivity index (χ0v) is 10.8. The fourth-order valence-electron chi connectivity index (χ4n) is 1.13. The van der Waals surface area contributed by atoms with Crippen molar-refractivity contribution in [1.29, 1.82) is 0 Å². The molecule has 0 heterocycles. The van der Waals surface area contributed by atoms with Crippen LogP contribution in [-0.4, -0.2) is 17.6 Å². The van der Waals surface area contributed by atoms with Crippen LogP contribution < -0.4 is 0 Å². The van der Waals surface area contributed by atoms with Crippen LogP contribution in [-0.2, 0) is 9.59 Å². The highest BCUT2D eigenvalue weighted by Gasteiger charge is 2.18. The molecule has 0 N–H and O–H groups in total. The van der Waals surface area contributed by atoms with Crippen molar-refractivity contribution in [2.45, 2.75) is 19.9 Å². The van der Waals surface area contributed by atoms with E-state index >= 15 is 0 Å². The number of nitrogens with zero attached hydrogens (tertiary/aromatic N) is 2. The van der Waals surface area contributed by atoms with Gasteiger partial charge >= 0.3 is 0 Å². The second-order valence-corrected chi connectivity index (χ2v) is 4.28. The summed E-state index contributed by atoms with van der Waals surface area (Å²) in [7, 11) is 0. The van der Waals surface area contributed by atoms with Gasteiger partial charge in [0.2, 0.25) is 0 Å². The minimum atomic E-state index is -1.07. The van der Waals surface area contributed by atoms with Crippen LogP contribution in [0.25, 0.3) is 0 Å². The summed E-state index contributed by atoms with van der Waals surface area (Å²) in [5.41, 5.74) is 0.364. The van der Waals surface area contributed by atoms with E-state index in [0.29, 0.717) is 15.7 Å². The zero-order chi connectivity index (χ0) is 13.0. The lowest BCUT2D eigenvalue weighted by atomic mass is 10.1. The first-order valence-corrected chi connectivity index (χ1v) is 5.54. The molecular formula is C11H10Cl2N2O2. The number of rotatable bonds is 4. The van der Waals surface area contributed by atoms with Crippen LogP contribution in [0.15, 0.2) is 28.4 Å². The Bertz CT molecular complexity index is 472. The van der Waals surface area contributed by atoms with Crippen molar-refractivity contribution < 1.29 is 9.59 Å². The first-order chi connectivity index (χ1) is 7.91. The third-order valence-electron chi connectivity index (χ3n) is 1.96. The summed E-state index contributed by atoms with van der Waals surface area (Å²) >= 11 is 11.6. The molecule has 0 unspecified atom stereocenters. The van der Waals surface area contributed by atoms with E-state index in [2.05, 4.69) is 10.2 Å². The fraction of sp³-hybridized carbons (Fsp3) is 0.273. The van der Waals surface area contributed by atoms with Crippen molar-refractivity contribution in [3.8, 4) is 0 Å². The molecule has 0 bridgehead atoms. The Hall–Kier alpha value is -1.26. The number of carbonyl (C=O) groups excluding carboxylic acids is 2. The number of hydrogen-bond donors (Lipinski definition) is 0. The molecule has 4 nitrogen and oxygen atoms in total. The molecular weight excluding hydrogens is 263 g/mol.